The molecule has 3 fully saturated rings. The number of methoxy groups -OCH3 is 1. The van der Waals surface area contributed by atoms with E-state index >= 15 is 0 Å². The van der Waals surface area contributed by atoms with Crippen LogP contribution in [0.15, 0.2) is 54.6 Å². The van der Waals surface area contributed by atoms with Gasteiger partial charge in [0.05, 0.1) is 44.4 Å². The minimum absolute atomic E-state index is 0.186. The molecule has 3 aliphatic heterocycles. The van der Waals surface area contributed by atoms with E-state index in [4.69, 9.17) is 14.7 Å². The monoisotopic (exact) mass is 653 g/mol. The largest absolute Gasteiger partial charge is 0.453 e. The maximum Gasteiger partial charge on any atom is 0.409 e. The number of ether oxygens (including phenoxy) is 2. The second-order valence-corrected chi connectivity index (χ2v) is 12.9. The number of aryl methyl sites for hydroxylation is 1. The van der Waals surface area contributed by atoms with E-state index in [1.165, 1.54) is 12.7 Å². The number of morpholine rings is 1. The molecule has 12 nitrogen and oxygen atoms in total. The first-order chi connectivity index (χ1) is 23.3. The number of benzene rings is 2. The fraction of sp³-hybridized carbons (Fsp3) is 0.444. The predicted octanol–water partition coefficient (Wildman–Crippen LogP) is 3.05. The van der Waals surface area contributed by atoms with Crippen LogP contribution in [0.5, 0.6) is 0 Å². The van der Waals surface area contributed by atoms with Crippen molar-refractivity contribution in [2.75, 3.05) is 53.0 Å². The van der Waals surface area contributed by atoms with Gasteiger partial charge in [-0.25, -0.2) is 4.79 Å². The highest BCUT2D eigenvalue weighted by molar-refractivity contribution is 5.96. The number of aromatic amines is 1. The third-order valence-electron chi connectivity index (χ3n) is 9.54. The zero-order chi connectivity index (χ0) is 33.6. The Bertz CT molecular complexity index is 1660. The van der Waals surface area contributed by atoms with E-state index in [0.29, 0.717) is 24.9 Å². The highest BCUT2D eigenvalue weighted by Gasteiger charge is 2.38. The summed E-state index contributed by atoms with van der Waals surface area (Å²) in [5, 5.41) is 18.2. The Kier molecular flexibility index (Phi) is 10.4. The topological polar surface area (TPSA) is 152 Å². The number of likely N-dealkylation sites (tertiary alicyclic amines) is 1. The van der Waals surface area contributed by atoms with Gasteiger partial charge < -0.3 is 35.3 Å². The molecule has 0 saturated carbocycles. The number of rotatable bonds is 9. The highest BCUT2D eigenvalue weighted by Crippen LogP contribution is 2.27. The molecule has 48 heavy (non-hydrogen) atoms. The standard InChI is InChI=1S/C36H43N7O5/c1-23-15-27(32-10-9-31(41-32)26-5-3-24(4-6-26)21-42-11-13-48-14-12-42)7-8-30(23)34(44)39-20-29-17-28(22-43(29)36(46)47-2)40-35(45)33-16-25(18-37)19-38-33/h3-10,15,25,28-29,33,38,41H,11-14,16-17,19-22H2,1-2H3,(H,39,44)(H,40,45)/t25-,28-,29-,33+/m1/s1. The molecule has 4 atom stereocenters. The van der Waals surface area contributed by atoms with E-state index in [0.717, 1.165) is 60.9 Å². The molecule has 0 bridgehead atoms. The number of aromatic nitrogens is 1. The van der Waals surface area contributed by atoms with Crippen LogP contribution in [0.3, 0.4) is 0 Å². The second kappa shape index (κ2) is 15.0. The Morgan fingerprint density at radius 2 is 1.75 bits per heavy atom. The first kappa shape index (κ1) is 33.2. The summed E-state index contributed by atoms with van der Waals surface area (Å²) in [7, 11) is 1.32. The van der Waals surface area contributed by atoms with Crippen molar-refractivity contribution in [3.05, 3.63) is 71.3 Å². The molecule has 252 valence electrons. The lowest BCUT2D eigenvalue weighted by atomic mass is 10.0. The SMILES string of the molecule is COC(=O)N1C[C@H](NC(=O)[C@@H]2C[C@H](C#N)CN2)C[C@@H]1CNC(=O)c1ccc(-c2ccc(-c3ccc(CN4CCOCC4)cc3)[nH]2)cc1C. The minimum atomic E-state index is -0.510. The van der Waals surface area contributed by atoms with Gasteiger partial charge in [-0.15, -0.1) is 0 Å². The van der Waals surface area contributed by atoms with E-state index in [-0.39, 0.29) is 42.9 Å². The van der Waals surface area contributed by atoms with E-state index in [1.807, 2.05) is 31.2 Å². The fourth-order valence-corrected chi connectivity index (χ4v) is 6.82. The van der Waals surface area contributed by atoms with Crippen LogP contribution in [0.25, 0.3) is 22.5 Å². The summed E-state index contributed by atoms with van der Waals surface area (Å²) in [6.07, 6.45) is 0.422. The van der Waals surface area contributed by atoms with Crippen LogP contribution >= 0.6 is 0 Å². The molecule has 6 rings (SSSR count). The van der Waals surface area contributed by atoms with E-state index < -0.39 is 12.1 Å². The highest BCUT2D eigenvalue weighted by atomic mass is 16.5. The molecule has 0 unspecified atom stereocenters. The Morgan fingerprint density at radius 3 is 2.44 bits per heavy atom. The van der Waals surface area contributed by atoms with Crippen molar-refractivity contribution in [3.8, 4) is 28.6 Å². The minimum Gasteiger partial charge on any atom is -0.453 e. The van der Waals surface area contributed by atoms with Crippen LogP contribution in [0.4, 0.5) is 4.79 Å². The van der Waals surface area contributed by atoms with Crippen LogP contribution in [-0.4, -0.2) is 104 Å². The van der Waals surface area contributed by atoms with Crippen molar-refractivity contribution in [2.45, 2.75) is 44.4 Å². The van der Waals surface area contributed by atoms with Gasteiger partial charge in [-0.3, -0.25) is 14.5 Å². The number of nitriles is 1. The average molecular weight is 654 g/mol. The van der Waals surface area contributed by atoms with Gasteiger partial charge in [0.2, 0.25) is 5.91 Å². The molecule has 3 amide bonds. The van der Waals surface area contributed by atoms with Crippen molar-refractivity contribution in [1.29, 1.82) is 5.26 Å². The van der Waals surface area contributed by atoms with Crippen LogP contribution in [0, 0.1) is 24.2 Å². The van der Waals surface area contributed by atoms with Crippen molar-refractivity contribution in [1.82, 2.24) is 30.7 Å². The number of nitrogens with one attached hydrogen (secondary N) is 4. The number of carbonyl (C=O) groups is 3. The maximum atomic E-state index is 13.3. The second-order valence-electron chi connectivity index (χ2n) is 12.9. The molecule has 12 heteroatoms. The van der Waals surface area contributed by atoms with E-state index in [1.54, 1.807) is 4.90 Å². The molecule has 2 aromatic carbocycles. The van der Waals surface area contributed by atoms with Crippen LogP contribution in [0.2, 0.25) is 0 Å². The summed E-state index contributed by atoms with van der Waals surface area (Å²) >= 11 is 0. The van der Waals surface area contributed by atoms with Crippen molar-refractivity contribution >= 4 is 17.9 Å². The van der Waals surface area contributed by atoms with Crippen LogP contribution in [0.1, 0.15) is 34.3 Å². The van der Waals surface area contributed by atoms with Gasteiger partial charge in [-0.1, -0.05) is 30.3 Å². The molecule has 1 aromatic heterocycles. The molecule has 3 aliphatic rings. The molecule has 3 saturated heterocycles. The quantitative estimate of drug-likeness (QED) is 0.275. The Labute approximate surface area is 280 Å². The summed E-state index contributed by atoms with van der Waals surface area (Å²) in [6, 6.07) is 19.6. The van der Waals surface area contributed by atoms with Crippen molar-refractivity contribution in [2.24, 2.45) is 5.92 Å². The molecule has 4 N–H and O–H groups in total. The summed E-state index contributed by atoms with van der Waals surface area (Å²) in [4.78, 5) is 46.1. The molecule has 3 aromatic rings. The molecule has 0 spiro atoms. The number of hydrogen-bond donors (Lipinski definition) is 4. The summed E-state index contributed by atoms with van der Waals surface area (Å²) in [5.41, 5.74) is 6.72. The van der Waals surface area contributed by atoms with Crippen molar-refractivity contribution < 1.29 is 23.9 Å². The Balaban J connectivity index is 1.04. The summed E-state index contributed by atoms with van der Waals surface area (Å²) in [5.74, 6) is -0.612. The molecule has 0 aliphatic carbocycles. The number of nitrogens with zero attached hydrogens (tertiary/aromatic N) is 3. The molecular formula is C36H43N7O5. The molecule has 0 radical (unpaired) electrons. The smallest absolute Gasteiger partial charge is 0.409 e. The zero-order valence-corrected chi connectivity index (χ0v) is 27.5. The first-order valence-corrected chi connectivity index (χ1v) is 16.6. The van der Waals surface area contributed by atoms with Gasteiger partial charge in [-0.2, -0.15) is 5.26 Å². The number of carbonyl (C=O) groups excluding carboxylic acids is 3. The van der Waals surface area contributed by atoms with Gasteiger partial charge in [-0.05, 0) is 66.3 Å². The third-order valence-corrected chi connectivity index (χ3v) is 9.54. The fourth-order valence-electron chi connectivity index (χ4n) is 6.82. The van der Waals surface area contributed by atoms with Gasteiger partial charge in [0, 0.05) is 62.3 Å². The van der Waals surface area contributed by atoms with Gasteiger partial charge in [0.25, 0.3) is 5.91 Å². The predicted molar refractivity (Wildman–Crippen MR) is 180 cm³/mol. The van der Waals surface area contributed by atoms with Gasteiger partial charge in [0.1, 0.15) is 0 Å². The Hall–Kier alpha value is -4.70. The van der Waals surface area contributed by atoms with Crippen LogP contribution in [-0.2, 0) is 20.8 Å². The molecule has 4 heterocycles. The Morgan fingerprint density at radius 1 is 1.02 bits per heavy atom. The summed E-state index contributed by atoms with van der Waals surface area (Å²) in [6.45, 7) is 7.31. The lowest BCUT2D eigenvalue weighted by molar-refractivity contribution is -0.123. The van der Waals surface area contributed by atoms with Gasteiger partial charge in [0.15, 0.2) is 0 Å². The number of amides is 3. The third kappa shape index (κ3) is 7.71. The van der Waals surface area contributed by atoms with E-state index in [2.05, 4.69) is 62.2 Å². The van der Waals surface area contributed by atoms with Crippen molar-refractivity contribution in [3.63, 3.8) is 0 Å². The lowest BCUT2D eigenvalue weighted by Crippen LogP contribution is -2.46. The zero-order valence-electron chi connectivity index (χ0n) is 27.5. The van der Waals surface area contributed by atoms with Gasteiger partial charge >= 0.3 is 6.09 Å². The summed E-state index contributed by atoms with van der Waals surface area (Å²) < 4.78 is 10.4. The lowest BCUT2D eigenvalue weighted by Gasteiger charge is -2.26. The van der Waals surface area contributed by atoms with Crippen LogP contribution < -0.4 is 16.0 Å². The normalized spacial score (nSPS) is 22.6. The van der Waals surface area contributed by atoms with E-state index in [9.17, 15) is 14.4 Å². The maximum absolute atomic E-state index is 13.3. The number of hydrogen-bond acceptors (Lipinski definition) is 8. The molecular weight excluding hydrogens is 610 g/mol. The first-order valence-electron chi connectivity index (χ1n) is 16.6. The average Bonchev–Trinajstić information content (AvgIpc) is 3.88. The number of H-pyrrole nitrogens is 1.